The van der Waals surface area contributed by atoms with Crippen LogP contribution in [-0.4, -0.2) is 17.2 Å². The van der Waals surface area contributed by atoms with E-state index in [1.54, 1.807) is 31.4 Å². The summed E-state index contributed by atoms with van der Waals surface area (Å²) < 4.78 is 18.4. The number of phenols is 1. The molecule has 0 amide bonds. The van der Waals surface area contributed by atoms with Crippen molar-refractivity contribution in [1.29, 1.82) is 0 Å². The molecule has 0 unspecified atom stereocenters. The van der Waals surface area contributed by atoms with Crippen LogP contribution in [0.4, 0.5) is 4.39 Å². The molecule has 4 nitrogen and oxygen atoms in total. The molecule has 21 heavy (non-hydrogen) atoms. The van der Waals surface area contributed by atoms with Crippen LogP contribution >= 0.6 is 0 Å². The number of ether oxygens (including phenoxy) is 1. The number of benzene rings is 2. The summed E-state index contributed by atoms with van der Waals surface area (Å²) in [5.41, 5.74) is 1.44. The van der Waals surface area contributed by atoms with Crippen LogP contribution in [0.5, 0.6) is 11.5 Å². The molecule has 1 aromatic heterocycles. The van der Waals surface area contributed by atoms with Gasteiger partial charge in [0, 0.05) is 23.2 Å². The summed E-state index contributed by atoms with van der Waals surface area (Å²) in [6, 6.07) is 10.8. The Kier molecular flexibility index (Phi) is 3.10. The lowest BCUT2D eigenvalue weighted by atomic mass is 10.1. The Balaban J connectivity index is 2.19. The Morgan fingerprint density at radius 3 is 2.52 bits per heavy atom. The minimum atomic E-state index is -0.815. The van der Waals surface area contributed by atoms with Crippen LogP contribution in [0.3, 0.4) is 0 Å². The van der Waals surface area contributed by atoms with E-state index >= 15 is 0 Å². The normalized spacial score (nSPS) is 10.8. The van der Waals surface area contributed by atoms with Gasteiger partial charge in [0.05, 0.1) is 12.6 Å². The molecule has 0 bridgehead atoms. The molecule has 2 N–H and O–H groups in total. The van der Waals surface area contributed by atoms with Crippen molar-refractivity contribution >= 4 is 10.9 Å². The molecular formula is C16H12FNO3. The maximum atomic E-state index is 13.3. The summed E-state index contributed by atoms with van der Waals surface area (Å²) in [6.45, 7) is 0. The molecule has 0 saturated heterocycles. The van der Waals surface area contributed by atoms with Crippen LogP contribution in [0.25, 0.3) is 22.2 Å². The number of hydrogen-bond acceptors (Lipinski definition) is 3. The highest BCUT2D eigenvalue weighted by molar-refractivity contribution is 5.82. The zero-order valence-electron chi connectivity index (χ0n) is 11.2. The number of pyridine rings is 1. The molecule has 0 aliphatic carbocycles. The van der Waals surface area contributed by atoms with E-state index in [2.05, 4.69) is 4.98 Å². The van der Waals surface area contributed by atoms with Gasteiger partial charge in [0.25, 0.3) is 0 Å². The fourth-order valence-corrected chi connectivity index (χ4v) is 2.19. The second-order valence-corrected chi connectivity index (χ2v) is 4.62. The number of methoxy groups -OCH3 is 1. The Hall–Kier alpha value is -2.82. The molecular weight excluding hydrogens is 273 g/mol. The first kappa shape index (κ1) is 13.2. The number of fused-ring (bicyclic) bond motifs is 1. The van der Waals surface area contributed by atoms with Gasteiger partial charge in [0.15, 0.2) is 17.0 Å². The molecule has 0 fully saturated rings. The summed E-state index contributed by atoms with van der Waals surface area (Å²) in [5.74, 6) is -0.600. The molecule has 106 valence electrons. The molecule has 0 saturated carbocycles. The number of nitrogens with one attached hydrogen (secondary N) is 1. The lowest BCUT2D eigenvalue weighted by Gasteiger charge is -2.06. The SMILES string of the molecule is COc1ccc(-c2cc(=O)c3cc(F)c(O)cc3[nH]2)cc1. The standard InChI is InChI=1S/C16H12FNO3/c1-21-10-4-2-9(3-5-10)13-7-15(19)11-6-12(17)16(20)8-14(11)18-13/h2-8,20H,1H3,(H,18,19). The highest BCUT2D eigenvalue weighted by atomic mass is 19.1. The van der Waals surface area contributed by atoms with E-state index in [0.717, 1.165) is 11.6 Å². The fourth-order valence-electron chi connectivity index (χ4n) is 2.19. The third-order valence-corrected chi connectivity index (χ3v) is 3.30. The number of rotatable bonds is 2. The molecule has 3 rings (SSSR count). The number of hydrogen-bond donors (Lipinski definition) is 2. The first-order valence-corrected chi connectivity index (χ1v) is 6.28. The zero-order chi connectivity index (χ0) is 15.0. The summed E-state index contributed by atoms with van der Waals surface area (Å²) in [6.07, 6.45) is 0. The van der Waals surface area contributed by atoms with E-state index in [9.17, 15) is 14.3 Å². The quantitative estimate of drug-likeness (QED) is 0.760. The van der Waals surface area contributed by atoms with Crippen LogP contribution < -0.4 is 10.2 Å². The highest BCUT2D eigenvalue weighted by Crippen LogP contribution is 2.24. The second-order valence-electron chi connectivity index (χ2n) is 4.62. The van der Waals surface area contributed by atoms with Crippen molar-refractivity contribution in [2.75, 3.05) is 7.11 Å². The van der Waals surface area contributed by atoms with Crippen molar-refractivity contribution in [2.45, 2.75) is 0 Å². The van der Waals surface area contributed by atoms with Gasteiger partial charge in [-0.05, 0) is 35.9 Å². The molecule has 1 heterocycles. The van der Waals surface area contributed by atoms with Crippen molar-refractivity contribution in [3.63, 3.8) is 0 Å². The number of phenolic OH excluding ortho intramolecular Hbond substituents is 1. The summed E-state index contributed by atoms with van der Waals surface area (Å²) in [5, 5.41) is 9.62. The predicted molar refractivity (Wildman–Crippen MR) is 78.2 cm³/mol. The lowest BCUT2D eigenvalue weighted by Crippen LogP contribution is -2.03. The van der Waals surface area contributed by atoms with Crippen molar-refractivity contribution in [3.05, 3.63) is 58.5 Å². The average Bonchev–Trinajstić information content (AvgIpc) is 2.49. The van der Waals surface area contributed by atoms with Crippen LogP contribution in [-0.2, 0) is 0 Å². The highest BCUT2D eigenvalue weighted by Gasteiger charge is 2.09. The molecule has 0 aliphatic rings. The third kappa shape index (κ3) is 2.33. The van der Waals surface area contributed by atoms with Crippen LogP contribution in [0.15, 0.2) is 47.3 Å². The molecule has 2 aromatic carbocycles. The Bertz CT molecular complexity index is 869. The largest absolute Gasteiger partial charge is 0.505 e. The topological polar surface area (TPSA) is 62.3 Å². The van der Waals surface area contributed by atoms with Crippen LogP contribution in [0.1, 0.15) is 0 Å². The van der Waals surface area contributed by atoms with Gasteiger partial charge < -0.3 is 14.8 Å². The Labute approximate surface area is 119 Å². The zero-order valence-corrected chi connectivity index (χ0v) is 11.2. The van der Waals surface area contributed by atoms with E-state index in [1.807, 2.05) is 0 Å². The second kappa shape index (κ2) is 4.94. The van der Waals surface area contributed by atoms with Gasteiger partial charge in [-0.1, -0.05) is 0 Å². The van der Waals surface area contributed by atoms with Crippen molar-refractivity contribution in [1.82, 2.24) is 4.98 Å². The Morgan fingerprint density at radius 2 is 1.86 bits per heavy atom. The van der Waals surface area contributed by atoms with Gasteiger partial charge in [0.2, 0.25) is 0 Å². The minimum Gasteiger partial charge on any atom is -0.505 e. The smallest absolute Gasteiger partial charge is 0.190 e. The van der Waals surface area contributed by atoms with E-state index in [1.165, 1.54) is 12.1 Å². The number of aromatic nitrogens is 1. The van der Waals surface area contributed by atoms with Gasteiger partial charge in [-0.25, -0.2) is 4.39 Å². The number of aromatic amines is 1. The molecule has 0 atom stereocenters. The maximum Gasteiger partial charge on any atom is 0.190 e. The van der Waals surface area contributed by atoms with Crippen LogP contribution in [0.2, 0.25) is 0 Å². The molecule has 5 heteroatoms. The molecule has 3 aromatic rings. The fraction of sp³-hybridized carbons (Fsp3) is 0.0625. The first-order chi connectivity index (χ1) is 10.1. The van der Waals surface area contributed by atoms with Gasteiger partial charge in [-0.15, -0.1) is 0 Å². The third-order valence-electron chi connectivity index (χ3n) is 3.30. The monoisotopic (exact) mass is 285 g/mol. The molecule has 0 radical (unpaired) electrons. The van der Waals surface area contributed by atoms with Gasteiger partial charge >= 0.3 is 0 Å². The van der Waals surface area contributed by atoms with Gasteiger partial charge in [0.1, 0.15) is 5.75 Å². The average molecular weight is 285 g/mol. The van der Waals surface area contributed by atoms with Crippen LogP contribution in [0, 0.1) is 5.82 Å². The number of aromatic hydroxyl groups is 1. The summed E-state index contributed by atoms with van der Waals surface area (Å²) in [7, 11) is 1.57. The lowest BCUT2D eigenvalue weighted by molar-refractivity contribution is 0.415. The molecule has 0 spiro atoms. The summed E-state index contributed by atoms with van der Waals surface area (Å²) in [4.78, 5) is 15.1. The van der Waals surface area contributed by atoms with Crippen molar-refractivity contribution in [3.8, 4) is 22.8 Å². The van der Waals surface area contributed by atoms with E-state index < -0.39 is 11.6 Å². The summed E-state index contributed by atoms with van der Waals surface area (Å²) >= 11 is 0. The first-order valence-electron chi connectivity index (χ1n) is 6.28. The maximum absolute atomic E-state index is 13.3. The van der Waals surface area contributed by atoms with Gasteiger partial charge in [-0.3, -0.25) is 4.79 Å². The predicted octanol–water partition coefficient (Wildman–Crippen LogP) is 3.05. The van der Waals surface area contributed by atoms with Gasteiger partial charge in [-0.2, -0.15) is 0 Å². The van der Waals surface area contributed by atoms with Crippen molar-refractivity contribution < 1.29 is 14.2 Å². The Morgan fingerprint density at radius 1 is 1.14 bits per heavy atom. The van der Waals surface area contributed by atoms with E-state index in [4.69, 9.17) is 4.74 Å². The number of H-pyrrole nitrogens is 1. The minimum absolute atomic E-state index is 0.197. The molecule has 0 aliphatic heterocycles. The van der Waals surface area contributed by atoms with E-state index in [0.29, 0.717) is 17.0 Å². The van der Waals surface area contributed by atoms with E-state index in [-0.39, 0.29) is 10.8 Å². The number of halogens is 1. The van der Waals surface area contributed by atoms with Crippen molar-refractivity contribution in [2.24, 2.45) is 0 Å².